The third-order valence-corrected chi connectivity index (χ3v) is 4.24. The smallest absolute Gasteiger partial charge is 0.138 e. The summed E-state index contributed by atoms with van der Waals surface area (Å²) in [5, 5.41) is 14.9. The summed E-state index contributed by atoms with van der Waals surface area (Å²) in [5.41, 5.74) is 2.93. The lowest BCUT2D eigenvalue weighted by Gasteiger charge is -2.23. The fourth-order valence-corrected chi connectivity index (χ4v) is 2.97. The predicted octanol–water partition coefficient (Wildman–Crippen LogP) is 1.91. The minimum absolute atomic E-state index is 0.237. The van der Waals surface area contributed by atoms with Gasteiger partial charge < -0.3 is 5.32 Å². The van der Waals surface area contributed by atoms with Crippen LogP contribution in [0.1, 0.15) is 17.8 Å². The molecule has 0 spiro atoms. The van der Waals surface area contributed by atoms with Gasteiger partial charge in [-0.05, 0) is 30.7 Å². The number of aryl methyl sites for hydroxylation is 1. The number of halogens is 1. The summed E-state index contributed by atoms with van der Waals surface area (Å²) in [6.07, 6.45) is 5.41. The standard InChI is InChI=1S/C16H17FN6/c17-13-3-1-11(2-4-13)16-12(8-20-22-16)7-18-14-5-6-15-19-10-21-23(15)9-14/h1-4,8,10,14,18H,5-7,9H2,(H,20,22)/t14-/m0/s1. The van der Waals surface area contributed by atoms with E-state index in [-0.39, 0.29) is 5.82 Å². The van der Waals surface area contributed by atoms with E-state index in [4.69, 9.17) is 0 Å². The number of nitrogens with one attached hydrogen (secondary N) is 2. The SMILES string of the molecule is Fc1ccc(-c2[nH]ncc2CN[C@H]2CCc3ncnn3C2)cc1. The molecule has 0 unspecified atom stereocenters. The maximum atomic E-state index is 13.1. The lowest BCUT2D eigenvalue weighted by atomic mass is 10.1. The van der Waals surface area contributed by atoms with Crippen LogP contribution >= 0.6 is 0 Å². The second kappa shape index (κ2) is 5.92. The molecule has 1 atom stereocenters. The number of rotatable bonds is 4. The second-order valence-corrected chi connectivity index (χ2v) is 5.75. The highest BCUT2D eigenvalue weighted by Gasteiger charge is 2.19. The van der Waals surface area contributed by atoms with E-state index in [0.29, 0.717) is 12.6 Å². The molecule has 1 aliphatic heterocycles. The molecule has 0 bridgehead atoms. The molecule has 0 aliphatic carbocycles. The van der Waals surface area contributed by atoms with Crippen LogP contribution in [-0.4, -0.2) is 31.0 Å². The topological polar surface area (TPSA) is 71.4 Å². The fraction of sp³-hybridized carbons (Fsp3) is 0.312. The summed E-state index contributed by atoms with van der Waals surface area (Å²) >= 11 is 0. The molecule has 0 radical (unpaired) electrons. The Balaban J connectivity index is 1.44. The van der Waals surface area contributed by atoms with Crippen LogP contribution in [0.3, 0.4) is 0 Å². The van der Waals surface area contributed by atoms with Crippen LogP contribution < -0.4 is 5.32 Å². The van der Waals surface area contributed by atoms with E-state index < -0.39 is 0 Å². The summed E-state index contributed by atoms with van der Waals surface area (Å²) in [6.45, 7) is 1.54. The summed E-state index contributed by atoms with van der Waals surface area (Å²) in [5.74, 6) is 0.817. The van der Waals surface area contributed by atoms with Gasteiger partial charge in [-0.3, -0.25) is 5.10 Å². The molecular weight excluding hydrogens is 295 g/mol. The molecule has 4 rings (SSSR count). The number of nitrogens with zero attached hydrogens (tertiary/aromatic N) is 4. The lowest BCUT2D eigenvalue weighted by Crippen LogP contribution is -2.37. The maximum absolute atomic E-state index is 13.1. The molecule has 7 heteroatoms. The van der Waals surface area contributed by atoms with Gasteiger partial charge in [0, 0.05) is 30.1 Å². The van der Waals surface area contributed by atoms with Gasteiger partial charge in [0.1, 0.15) is 18.0 Å². The van der Waals surface area contributed by atoms with Crippen molar-refractivity contribution in [1.82, 2.24) is 30.3 Å². The molecule has 0 saturated carbocycles. The molecule has 0 fully saturated rings. The van der Waals surface area contributed by atoms with E-state index in [9.17, 15) is 4.39 Å². The molecule has 23 heavy (non-hydrogen) atoms. The van der Waals surface area contributed by atoms with Gasteiger partial charge >= 0.3 is 0 Å². The first kappa shape index (κ1) is 14.1. The van der Waals surface area contributed by atoms with Crippen LogP contribution in [0.5, 0.6) is 0 Å². The van der Waals surface area contributed by atoms with Gasteiger partial charge in [-0.1, -0.05) is 0 Å². The van der Waals surface area contributed by atoms with Crippen LogP contribution in [0.2, 0.25) is 0 Å². The van der Waals surface area contributed by atoms with Crippen LogP contribution in [0.15, 0.2) is 36.8 Å². The van der Waals surface area contributed by atoms with Crippen molar-refractivity contribution in [3.05, 3.63) is 54.0 Å². The molecule has 118 valence electrons. The Hall–Kier alpha value is -2.54. The Morgan fingerprint density at radius 2 is 2.17 bits per heavy atom. The first-order valence-corrected chi connectivity index (χ1v) is 7.68. The molecule has 2 N–H and O–H groups in total. The zero-order valence-electron chi connectivity index (χ0n) is 12.5. The first-order chi connectivity index (χ1) is 11.3. The average Bonchev–Trinajstić information content (AvgIpc) is 3.22. The molecule has 2 aromatic heterocycles. The minimum Gasteiger partial charge on any atom is -0.308 e. The van der Waals surface area contributed by atoms with E-state index in [2.05, 4.69) is 25.6 Å². The maximum Gasteiger partial charge on any atom is 0.138 e. The number of fused-ring (bicyclic) bond motifs is 1. The Labute approximate surface area is 132 Å². The zero-order chi connectivity index (χ0) is 15.6. The van der Waals surface area contributed by atoms with E-state index in [0.717, 1.165) is 42.0 Å². The Morgan fingerprint density at radius 3 is 3.04 bits per heavy atom. The average molecular weight is 312 g/mol. The number of aromatic nitrogens is 5. The molecular formula is C16H17FN6. The first-order valence-electron chi connectivity index (χ1n) is 7.68. The van der Waals surface area contributed by atoms with Gasteiger partial charge in [-0.25, -0.2) is 14.1 Å². The highest BCUT2D eigenvalue weighted by atomic mass is 19.1. The lowest BCUT2D eigenvalue weighted by molar-refractivity contribution is 0.358. The molecule has 1 aliphatic rings. The summed E-state index contributed by atoms with van der Waals surface area (Å²) < 4.78 is 15.0. The second-order valence-electron chi connectivity index (χ2n) is 5.75. The van der Waals surface area contributed by atoms with Crippen molar-refractivity contribution < 1.29 is 4.39 Å². The number of hydrogen-bond donors (Lipinski definition) is 2. The minimum atomic E-state index is -0.237. The van der Waals surface area contributed by atoms with Gasteiger partial charge in [-0.2, -0.15) is 10.2 Å². The van der Waals surface area contributed by atoms with E-state index in [1.807, 2.05) is 10.9 Å². The van der Waals surface area contributed by atoms with Crippen molar-refractivity contribution in [2.75, 3.05) is 0 Å². The summed E-state index contributed by atoms with van der Waals surface area (Å²) in [7, 11) is 0. The summed E-state index contributed by atoms with van der Waals surface area (Å²) in [6, 6.07) is 6.80. The van der Waals surface area contributed by atoms with Crippen LogP contribution in [-0.2, 0) is 19.5 Å². The van der Waals surface area contributed by atoms with Crippen molar-refractivity contribution in [2.24, 2.45) is 0 Å². The largest absolute Gasteiger partial charge is 0.308 e. The van der Waals surface area contributed by atoms with Crippen molar-refractivity contribution in [3.63, 3.8) is 0 Å². The van der Waals surface area contributed by atoms with Gasteiger partial charge in [0.05, 0.1) is 18.4 Å². The van der Waals surface area contributed by atoms with Gasteiger partial charge in [0.25, 0.3) is 0 Å². The molecule has 3 heterocycles. The molecule has 1 aromatic carbocycles. The Kier molecular flexibility index (Phi) is 3.63. The quantitative estimate of drug-likeness (QED) is 0.772. The van der Waals surface area contributed by atoms with Crippen molar-refractivity contribution >= 4 is 0 Å². The number of H-pyrrole nitrogens is 1. The van der Waals surface area contributed by atoms with E-state index in [1.54, 1.807) is 18.5 Å². The predicted molar refractivity (Wildman–Crippen MR) is 83.0 cm³/mol. The molecule has 0 amide bonds. The van der Waals surface area contributed by atoms with Gasteiger partial charge in [-0.15, -0.1) is 0 Å². The van der Waals surface area contributed by atoms with E-state index >= 15 is 0 Å². The van der Waals surface area contributed by atoms with E-state index in [1.165, 1.54) is 12.1 Å². The van der Waals surface area contributed by atoms with Gasteiger partial charge in [0.15, 0.2) is 0 Å². The number of benzene rings is 1. The molecule has 6 nitrogen and oxygen atoms in total. The number of hydrogen-bond acceptors (Lipinski definition) is 4. The Morgan fingerprint density at radius 1 is 1.30 bits per heavy atom. The normalized spacial score (nSPS) is 17.2. The van der Waals surface area contributed by atoms with Crippen LogP contribution in [0, 0.1) is 5.82 Å². The third-order valence-electron chi connectivity index (χ3n) is 4.24. The van der Waals surface area contributed by atoms with Gasteiger partial charge in [0.2, 0.25) is 0 Å². The monoisotopic (exact) mass is 312 g/mol. The van der Waals surface area contributed by atoms with Crippen LogP contribution in [0.4, 0.5) is 4.39 Å². The van der Waals surface area contributed by atoms with Crippen molar-refractivity contribution in [2.45, 2.75) is 32.0 Å². The highest BCUT2D eigenvalue weighted by Crippen LogP contribution is 2.21. The Bertz CT molecular complexity index is 791. The third kappa shape index (κ3) is 2.87. The summed E-state index contributed by atoms with van der Waals surface area (Å²) in [4.78, 5) is 4.24. The molecule has 3 aromatic rings. The molecule has 0 saturated heterocycles. The highest BCUT2D eigenvalue weighted by molar-refractivity contribution is 5.62. The van der Waals surface area contributed by atoms with Crippen LogP contribution in [0.25, 0.3) is 11.3 Å². The van der Waals surface area contributed by atoms with Crippen molar-refractivity contribution in [1.29, 1.82) is 0 Å². The zero-order valence-corrected chi connectivity index (χ0v) is 12.5. The van der Waals surface area contributed by atoms with Crippen molar-refractivity contribution in [3.8, 4) is 11.3 Å². The fourth-order valence-electron chi connectivity index (χ4n) is 2.97. The number of aromatic amines is 1.